The molecule has 1 aliphatic heterocycles. The molecule has 1 saturated heterocycles. The van der Waals surface area contributed by atoms with Gasteiger partial charge >= 0.3 is 0 Å². The quantitative estimate of drug-likeness (QED) is 0.698. The van der Waals surface area contributed by atoms with Gasteiger partial charge in [-0.3, -0.25) is 4.90 Å². The largest absolute Gasteiger partial charge is 0.374 e. The van der Waals surface area contributed by atoms with Crippen LogP contribution in [0.15, 0.2) is 0 Å². The summed E-state index contributed by atoms with van der Waals surface area (Å²) in [7, 11) is 1.87. The summed E-state index contributed by atoms with van der Waals surface area (Å²) < 4.78 is 19.2. The van der Waals surface area contributed by atoms with Crippen molar-refractivity contribution in [1.29, 1.82) is 0 Å². The maximum absolute atomic E-state index is 13.7. The van der Waals surface area contributed by atoms with Crippen LogP contribution >= 0.6 is 0 Å². The van der Waals surface area contributed by atoms with Crippen LogP contribution in [-0.2, 0) is 4.74 Å². The average Bonchev–Trinajstić information content (AvgIpc) is 2.20. The molecule has 0 aromatic heterocycles. The first-order chi connectivity index (χ1) is 7.15. The van der Waals surface area contributed by atoms with Crippen molar-refractivity contribution in [3.05, 3.63) is 0 Å². The summed E-state index contributed by atoms with van der Waals surface area (Å²) in [6, 6.07) is 0.432. The molecule has 0 spiro atoms. The Bertz CT molecular complexity index is 178. The van der Waals surface area contributed by atoms with Gasteiger partial charge in [0.2, 0.25) is 0 Å². The Hall–Kier alpha value is -0.190. The van der Waals surface area contributed by atoms with Gasteiger partial charge in [-0.25, -0.2) is 4.39 Å². The molecule has 0 amide bonds. The second kappa shape index (κ2) is 6.40. The lowest BCUT2D eigenvalue weighted by molar-refractivity contribution is -0.0499. The number of halogens is 1. The van der Waals surface area contributed by atoms with Crippen LogP contribution in [-0.4, -0.2) is 56.5 Å². The molecule has 90 valence electrons. The highest BCUT2D eigenvalue weighted by molar-refractivity contribution is 4.82. The normalized spacial score (nSPS) is 28.6. The number of hydrogen-bond donors (Lipinski definition) is 1. The zero-order chi connectivity index (χ0) is 11.3. The Labute approximate surface area is 92.0 Å². The Morgan fingerprint density at radius 3 is 2.80 bits per heavy atom. The van der Waals surface area contributed by atoms with Crippen LogP contribution in [0.3, 0.4) is 0 Å². The predicted molar refractivity (Wildman–Crippen MR) is 59.9 cm³/mol. The van der Waals surface area contributed by atoms with Gasteiger partial charge in [0.1, 0.15) is 6.17 Å². The summed E-state index contributed by atoms with van der Waals surface area (Å²) in [4.78, 5) is 2.17. The van der Waals surface area contributed by atoms with Crippen molar-refractivity contribution in [2.75, 3.05) is 33.3 Å². The van der Waals surface area contributed by atoms with E-state index in [4.69, 9.17) is 4.74 Å². The highest BCUT2D eigenvalue weighted by Crippen LogP contribution is 2.18. The molecule has 3 nitrogen and oxygen atoms in total. The molecule has 0 bridgehead atoms. The van der Waals surface area contributed by atoms with E-state index in [0.717, 1.165) is 19.5 Å². The molecule has 0 aromatic rings. The van der Waals surface area contributed by atoms with Crippen LogP contribution in [0.25, 0.3) is 0 Å². The molecular weight excluding hydrogens is 195 g/mol. The number of nitrogens with one attached hydrogen (secondary N) is 1. The number of hydrogen-bond acceptors (Lipinski definition) is 3. The average molecular weight is 218 g/mol. The van der Waals surface area contributed by atoms with Gasteiger partial charge in [0, 0.05) is 25.7 Å². The van der Waals surface area contributed by atoms with E-state index in [1.54, 1.807) is 0 Å². The number of likely N-dealkylation sites (tertiary alicyclic amines) is 1. The minimum atomic E-state index is -0.835. The van der Waals surface area contributed by atoms with Crippen molar-refractivity contribution < 1.29 is 9.13 Å². The maximum Gasteiger partial charge on any atom is 0.139 e. The van der Waals surface area contributed by atoms with E-state index >= 15 is 0 Å². The van der Waals surface area contributed by atoms with Crippen LogP contribution < -0.4 is 5.32 Å². The Balaban J connectivity index is 2.26. The molecule has 0 radical (unpaired) electrons. The zero-order valence-electron chi connectivity index (χ0n) is 10.0. The van der Waals surface area contributed by atoms with Crippen LogP contribution in [0.4, 0.5) is 4.39 Å². The standard InChI is InChI=1S/C11H23FN2O/c1-9(2)14-6-4-11(10(12)8-14)15-7-5-13-3/h9-11,13H,4-8H2,1-3H3. The van der Waals surface area contributed by atoms with E-state index in [9.17, 15) is 4.39 Å². The Morgan fingerprint density at radius 2 is 2.27 bits per heavy atom. The van der Waals surface area contributed by atoms with Gasteiger partial charge in [0.15, 0.2) is 0 Å². The predicted octanol–water partition coefficient (Wildman–Crippen LogP) is 1.04. The summed E-state index contributed by atoms with van der Waals surface area (Å²) >= 11 is 0. The first-order valence-electron chi connectivity index (χ1n) is 5.79. The highest BCUT2D eigenvalue weighted by atomic mass is 19.1. The van der Waals surface area contributed by atoms with Crippen molar-refractivity contribution in [1.82, 2.24) is 10.2 Å². The first-order valence-corrected chi connectivity index (χ1v) is 5.79. The topological polar surface area (TPSA) is 24.5 Å². The monoisotopic (exact) mass is 218 g/mol. The fraction of sp³-hybridized carbons (Fsp3) is 1.00. The smallest absolute Gasteiger partial charge is 0.139 e. The fourth-order valence-electron chi connectivity index (χ4n) is 1.88. The summed E-state index contributed by atoms with van der Waals surface area (Å²) in [6.45, 7) is 7.06. The van der Waals surface area contributed by atoms with Gasteiger partial charge < -0.3 is 10.1 Å². The van der Waals surface area contributed by atoms with E-state index in [-0.39, 0.29) is 6.10 Å². The lowest BCUT2D eigenvalue weighted by Gasteiger charge is -2.36. The van der Waals surface area contributed by atoms with E-state index in [1.165, 1.54) is 0 Å². The second-order valence-electron chi connectivity index (χ2n) is 4.41. The number of likely N-dealkylation sites (N-methyl/N-ethyl adjacent to an activating group) is 1. The first kappa shape index (κ1) is 12.9. The van der Waals surface area contributed by atoms with Crippen molar-refractivity contribution in [2.24, 2.45) is 0 Å². The van der Waals surface area contributed by atoms with E-state index in [2.05, 4.69) is 24.1 Å². The summed E-state index contributed by atoms with van der Waals surface area (Å²) in [5.74, 6) is 0. The van der Waals surface area contributed by atoms with Crippen LogP contribution in [0.5, 0.6) is 0 Å². The molecule has 2 unspecified atom stereocenters. The lowest BCUT2D eigenvalue weighted by Crippen LogP contribution is -2.48. The second-order valence-corrected chi connectivity index (χ2v) is 4.41. The summed E-state index contributed by atoms with van der Waals surface area (Å²) in [5.41, 5.74) is 0. The van der Waals surface area contributed by atoms with E-state index in [0.29, 0.717) is 19.2 Å². The minimum Gasteiger partial charge on any atom is -0.374 e. The Kier molecular flexibility index (Phi) is 5.50. The molecule has 15 heavy (non-hydrogen) atoms. The van der Waals surface area contributed by atoms with Gasteiger partial charge in [-0.1, -0.05) is 0 Å². The van der Waals surface area contributed by atoms with Crippen molar-refractivity contribution in [3.63, 3.8) is 0 Å². The lowest BCUT2D eigenvalue weighted by atomic mass is 10.0. The summed E-state index contributed by atoms with van der Waals surface area (Å²) in [5, 5.41) is 2.99. The van der Waals surface area contributed by atoms with E-state index in [1.807, 2.05) is 7.05 Å². The maximum atomic E-state index is 13.7. The van der Waals surface area contributed by atoms with Crippen molar-refractivity contribution in [3.8, 4) is 0 Å². The van der Waals surface area contributed by atoms with Crippen LogP contribution in [0, 0.1) is 0 Å². The van der Waals surface area contributed by atoms with E-state index < -0.39 is 6.17 Å². The molecule has 4 heteroatoms. The molecule has 1 aliphatic rings. The number of piperidine rings is 1. The molecule has 1 rings (SSSR count). The van der Waals surface area contributed by atoms with Gasteiger partial charge in [0.25, 0.3) is 0 Å². The van der Waals surface area contributed by atoms with Gasteiger partial charge in [-0.15, -0.1) is 0 Å². The molecule has 0 aromatic carbocycles. The third kappa shape index (κ3) is 4.05. The summed E-state index contributed by atoms with van der Waals surface area (Å²) in [6.07, 6.45) is -0.227. The SMILES string of the molecule is CNCCOC1CCN(C(C)C)CC1F. The van der Waals surface area contributed by atoms with Crippen LogP contribution in [0.1, 0.15) is 20.3 Å². The third-order valence-electron chi connectivity index (χ3n) is 2.93. The molecule has 2 atom stereocenters. The van der Waals surface area contributed by atoms with Crippen molar-refractivity contribution in [2.45, 2.75) is 38.6 Å². The third-order valence-corrected chi connectivity index (χ3v) is 2.93. The molecular formula is C11H23FN2O. The number of nitrogens with zero attached hydrogens (tertiary/aromatic N) is 1. The molecule has 1 heterocycles. The number of ether oxygens (including phenoxy) is 1. The van der Waals surface area contributed by atoms with Gasteiger partial charge in [-0.2, -0.15) is 0 Å². The molecule has 0 aliphatic carbocycles. The highest BCUT2D eigenvalue weighted by Gasteiger charge is 2.30. The molecule has 0 saturated carbocycles. The Morgan fingerprint density at radius 1 is 1.53 bits per heavy atom. The number of alkyl halides is 1. The van der Waals surface area contributed by atoms with Crippen LogP contribution in [0.2, 0.25) is 0 Å². The minimum absolute atomic E-state index is 0.201. The van der Waals surface area contributed by atoms with Crippen molar-refractivity contribution >= 4 is 0 Å². The van der Waals surface area contributed by atoms with Gasteiger partial charge in [0.05, 0.1) is 12.7 Å². The molecule has 1 fully saturated rings. The number of rotatable bonds is 5. The fourth-order valence-corrected chi connectivity index (χ4v) is 1.88. The molecule has 1 N–H and O–H groups in total. The van der Waals surface area contributed by atoms with Gasteiger partial charge in [-0.05, 0) is 27.3 Å². The zero-order valence-corrected chi connectivity index (χ0v) is 10.0.